The van der Waals surface area contributed by atoms with Gasteiger partial charge in [-0.3, -0.25) is 9.79 Å². The predicted molar refractivity (Wildman–Crippen MR) is 123 cm³/mol. The fraction of sp³-hybridized carbons (Fsp3) is 0.120. The van der Waals surface area contributed by atoms with Crippen LogP contribution in [-0.4, -0.2) is 29.6 Å². The van der Waals surface area contributed by atoms with Gasteiger partial charge in [0, 0.05) is 23.1 Å². The van der Waals surface area contributed by atoms with Crippen molar-refractivity contribution >= 4 is 22.7 Å². The Bertz CT molecular complexity index is 1320. The molecule has 0 spiro atoms. The number of nitrogens with zero attached hydrogens (tertiary/aromatic N) is 2. The standard InChI is InChI=1S/C25H22N2O4/c1-3-31-23-14-7-6-13-22(23)26-16-21-19-11-4-5-12-20(19)24(28)27(25(21)29)17-9-8-10-18(15-17)30-2/h4-16,29H,3H2,1-2H3. The number of methoxy groups -OCH3 is 1. The van der Waals surface area contributed by atoms with Crippen molar-refractivity contribution in [3.8, 4) is 23.1 Å². The van der Waals surface area contributed by atoms with Gasteiger partial charge in [0.05, 0.1) is 25.0 Å². The molecule has 1 aromatic heterocycles. The van der Waals surface area contributed by atoms with Crippen molar-refractivity contribution in [1.82, 2.24) is 4.57 Å². The molecule has 0 saturated carbocycles. The van der Waals surface area contributed by atoms with Crippen LogP contribution in [0.1, 0.15) is 12.5 Å². The zero-order chi connectivity index (χ0) is 21.8. The van der Waals surface area contributed by atoms with Gasteiger partial charge in [-0.15, -0.1) is 0 Å². The average molecular weight is 414 g/mol. The minimum absolute atomic E-state index is 0.199. The van der Waals surface area contributed by atoms with Crippen molar-refractivity contribution in [2.45, 2.75) is 6.92 Å². The van der Waals surface area contributed by atoms with Crippen LogP contribution in [0.5, 0.6) is 17.4 Å². The van der Waals surface area contributed by atoms with Crippen LogP contribution >= 0.6 is 0 Å². The lowest BCUT2D eigenvalue weighted by Gasteiger charge is -2.14. The summed E-state index contributed by atoms with van der Waals surface area (Å²) in [4.78, 5) is 17.8. The third kappa shape index (κ3) is 3.88. The molecule has 0 fully saturated rings. The Morgan fingerprint density at radius 3 is 2.52 bits per heavy atom. The first-order valence-corrected chi connectivity index (χ1v) is 9.91. The van der Waals surface area contributed by atoms with E-state index in [2.05, 4.69) is 4.99 Å². The number of hydrogen-bond donors (Lipinski definition) is 1. The van der Waals surface area contributed by atoms with E-state index in [9.17, 15) is 9.90 Å². The van der Waals surface area contributed by atoms with Crippen molar-refractivity contribution in [2.75, 3.05) is 13.7 Å². The molecule has 6 heteroatoms. The smallest absolute Gasteiger partial charge is 0.265 e. The van der Waals surface area contributed by atoms with Gasteiger partial charge in [0.1, 0.15) is 17.2 Å². The van der Waals surface area contributed by atoms with Gasteiger partial charge in [-0.1, -0.05) is 36.4 Å². The van der Waals surface area contributed by atoms with Crippen molar-refractivity contribution in [3.63, 3.8) is 0 Å². The van der Waals surface area contributed by atoms with Crippen molar-refractivity contribution in [3.05, 3.63) is 88.7 Å². The Morgan fingerprint density at radius 1 is 1.00 bits per heavy atom. The number of benzene rings is 3. The summed E-state index contributed by atoms with van der Waals surface area (Å²) in [5.74, 6) is 1.03. The number of rotatable bonds is 6. The lowest BCUT2D eigenvalue weighted by Crippen LogP contribution is -2.20. The molecule has 4 aromatic rings. The first kappa shape index (κ1) is 20.2. The largest absolute Gasteiger partial charge is 0.497 e. The fourth-order valence-electron chi connectivity index (χ4n) is 3.45. The van der Waals surface area contributed by atoms with E-state index in [1.165, 1.54) is 4.57 Å². The van der Waals surface area contributed by atoms with Crippen LogP contribution in [0, 0.1) is 0 Å². The zero-order valence-corrected chi connectivity index (χ0v) is 17.3. The van der Waals surface area contributed by atoms with Crippen LogP contribution in [0.25, 0.3) is 16.5 Å². The number of aromatic hydroxyl groups is 1. The maximum Gasteiger partial charge on any atom is 0.265 e. The minimum atomic E-state index is -0.326. The van der Waals surface area contributed by atoms with E-state index < -0.39 is 0 Å². The topological polar surface area (TPSA) is 73.1 Å². The van der Waals surface area contributed by atoms with Gasteiger partial charge in [0.2, 0.25) is 5.88 Å². The van der Waals surface area contributed by atoms with Gasteiger partial charge < -0.3 is 14.6 Å². The van der Waals surface area contributed by atoms with Crippen LogP contribution in [0.3, 0.4) is 0 Å². The quantitative estimate of drug-likeness (QED) is 0.458. The Balaban J connectivity index is 1.94. The molecule has 0 aliphatic carbocycles. The summed E-state index contributed by atoms with van der Waals surface area (Å²) < 4.78 is 12.2. The summed E-state index contributed by atoms with van der Waals surface area (Å²) in [6, 6.07) is 21.5. The van der Waals surface area contributed by atoms with E-state index in [-0.39, 0.29) is 11.4 Å². The number of hydrogen-bond acceptors (Lipinski definition) is 5. The molecular weight excluding hydrogens is 392 g/mol. The first-order chi connectivity index (χ1) is 15.1. The second-order valence-electron chi connectivity index (χ2n) is 6.78. The van der Waals surface area contributed by atoms with Crippen LogP contribution < -0.4 is 15.0 Å². The van der Waals surface area contributed by atoms with E-state index in [1.807, 2.05) is 37.3 Å². The number of aliphatic imine (C=N–C) groups is 1. The molecule has 0 aliphatic heterocycles. The summed E-state index contributed by atoms with van der Waals surface area (Å²) in [6.45, 7) is 2.42. The number of pyridine rings is 1. The van der Waals surface area contributed by atoms with E-state index in [0.717, 1.165) is 0 Å². The fourth-order valence-corrected chi connectivity index (χ4v) is 3.45. The number of ether oxygens (including phenoxy) is 2. The summed E-state index contributed by atoms with van der Waals surface area (Å²) >= 11 is 0. The highest BCUT2D eigenvalue weighted by atomic mass is 16.5. The highest BCUT2D eigenvalue weighted by Gasteiger charge is 2.16. The van der Waals surface area contributed by atoms with Crippen LogP contribution in [0.15, 0.2) is 82.6 Å². The second-order valence-corrected chi connectivity index (χ2v) is 6.78. The van der Waals surface area contributed by atoms with Gasteiger partial charge in [-0.2, -0.15) is 0 Å². The highest BCUT2D eigenvalue weighted by molar-refractivity contribution is 6.02. The monoisotopic (exact) mass is 414 g/mol. The van der Waals surface area contributed by atoms with Crippen molar-refractivity contribution in [1.29, 1.82) is 0 Å². The number of aromatic nitrogens is 1. The zero-order valence-electron chi connectivity index (χ0n) is 17.3. The molecule has 31 heavy (non-hydrogen) atoms. The van der Waals surface area contributed by atoms with Crippen molar-refractivity contribution < 1.29 is 14.6 Å². The number of para-hydroxylation sites is 2. The molecule has 0 unspecified atom stereocenters. The normalized spacial score (nSPS) is 11.2. The Kier molecular flexibility index (Phi) is 5.71. The number of fused-ring (bicyclic) bond motifs is 1. The molecule has 4 rings (SSSR count). The molecule has 0 amide bonds. The maximum atomic E-state index is 13.2. The highest BCUT2D eigenvalue weighted by Crippen LogP contribution is 2.30. The third-order valence-corrected chi connectivity index (χ3v) is 4.91. The van der Waals surface area contributed by atoms with E-state index in [1.54, 1.807) is 55.8 Å². The summed E-state index contributed by atoms with van der Waals surface area (Å²) in [6.07, 6.45) is 1.56. The Morgan fingerprint density at radius 2 is 1.74 bits per heavy atom. The SMILES string of the molecule is CCOc1ccccc1N=Cc1c(O)n(-c2cccc(OC)c2)c(=O)c2ccccc12. The molecule has 0 bridgehead atoms. The van der Waals surface area contributed by atoms with E-state index >= 15 is 0 Å². The van der Waals surface area contributed by atoms with Crippen LogP contribution in [-0.2, 0) is 0 Å². The van der Waals surface area contributed by atoms with Crippen molar-refractivity contribution in [2.24, 2.45) is 4.99 Å². The molecule has 156 valence electrons. The second kappa shape index (κ2) is 8.75. The molecule has 1 N–H and O–H groups in total. The molecule has 1 heterocycles. The molecule has 3 aromatic carbocycles. The average Bonchev–Trinajstić information content (AvgIpc) is 2.80. The van der Waals surface area contributed by atoms with Gasteiger partial charge in [0.25, 0.3) is 5.56 Å². The van der Waals surface area contributed by atoms with E-state index in [4.69, 9.17) is 9.47 Å². The molecule has 0 radical (unpaired) electrons. The van der Waals surface area contributed by atoms with Gasteiger partial charge in [-0.05, 0) is 37.3 Å². The van der Waals surface area contributed by atoms with Crippen LogP contribution in [0.2, 0.25) is 0 Å². The lowest BCUT2D eigenvalue weighted by molar-refractivity contribution is 0.341. The third-order valence-electron chi connectivity index (χ3n) is 4.91. The Labute approximate surface area is 179 Å². The predicted octanol–water partition coefficient (Wildman–Crippen LogP) is 4.85. The van der Waals surface area contributed by atoms with Gasteiger partial charge >= 0.3 is 0 Å². The molecule has 0 saturated heterocycles. The molecule has 0 aliphatic rings. The lowest BCUT2D eigenvalue weighted by atomic mass is 10.1. The summed E-state index contributed by atoms with van der Waals surface area (Å²) in [7, 11) is 1.55. The van der Waals surface area contributed by atoms with Gasteiger partial charge in [0.15, 0.2) is 0 Å². The Hall–Kier alpha value is -4.06. The maximum absolute atomic E-state index is 13.2. The first-order valence-electron chi connectivity index (χ1n) is 9.91. The summed E-state index contributed by atoms with van der Waals surface area (Å²) in [5.41, 5.74) is 1.24. The minimum Gasteiger partial charge on any atom is -0.497 e. The summed E-state index contributed by atoms with van der Waals surface area (Å²) in [5, 5.41) is 12.2. The van der Waals surface area contributed by atoms with Gasteiger partial charge in [-0.25, -0.2) is 4.57 Å². The molecule has 0 atom stereocenters. The van der Waals surface area contributed by atoms with E-state index in [0.29, 0.717) is 45.8 Å². The molecular formula is C25H22N2O4. The molecule has 6 nitrogen and oxygen atoms in total. The van der Waals surface area contributed by atoms with Crippen LogP contribution in [0.4, 0.5) is 5.69 Å².